The van der Waals surface area contributed by atoms with Gasteiger partial charge in [0, 0.05) is 27.7 Å². The van der Waals surface area contributed by atoms with Crippen LogP contribution in [0.1, 0.15) is 55.0 Å². The molecule has 0 saturated heterocycles. The first-order valence-corrected chi connectivity index (χ1v) is 14.1. The van der Waals surface area contributed by atoms with Gasteiger partial charge in [-0.25, -0.2) is 4.98 Å². The normalized spacial score (nSPS) is 13.9. The lowest BCUT2D eigenvalue weighted by atomic mass is 9.88. The molecule has 10 nitrogen and oxygen atoms in total. The van der Waals surface area contributed by atoms with Gasteiger partial charge in [0.25, 0.3) is 11.5 Å². The Morgan fingerprint density at radius 3 is 2.71 bits per heavy atom. The molecular formula is C30H28BrN5O5. The molecule has 0 atom stereocenters. The largest absolute Gasteiger partial charge is 0.477 e. The second kappa shape index (κ2) is 12.4. The third kappa shape index (κ3) is 6.51. The van der Waals surface area contributed by atoms with Gasteiger partial charge in [0.2, 0.25) is 0 Å². The Labute approximate surface area is 244 Å². The average molecular weight is 618 g/mol. The number of nitrogens with zero attached hydrogens (tertiary/aromatic N) is 4. The molecule has 0 spiro atoms. The third-order valence-corrected chi connectivity index (χ3v) is 7.58. The van der Waals surface area contributed by atoms with Gasteiger partial charge in [-0.3, -0.25) is 19.7 Å². The molecule has 4 aromatic rings. The highest BCUT2D eigenvalue weighted by atomic mass is 79.9. The second-order valence-electron chi connectivity index (χ2n) is 9.96. The lowest BCUT2D eigenvalue weighted by molar-refractivity contribution is -0.385. The number of nitrogens with one attached hydrogen (secondary N) is 1. The van der Waals surface area contributed by atoms with Gasteiger partial charge in [-0.1, -0.05) is 53.4 Å². The van der Waals surface area contributed by atoms with Crippen molar-refractivity contribution in [1.82, 2.24) is 9.66 Å². The van der Waals surface area contributed by atoms with Crippen LogP contribution < -0.4 is 15.6 Å². The highest BCUT2D eigenvalue weighted by Crippen LogP contribution is 2.32. The van der Waals surface area contributed by atoms with Crippen molar-refractivity contribution in [2.75, 3.05) is 11.9 Å². The number of nitro groups is 1. The van der Waals surface area contributed by atoms with Crippen LogP contribution in [0.4, 0.5) is 11.4 Å². The van der Waals surface area contributed by atoms with Crippen LogP contribution in [0, 0.1) is 17.0 Å². The number of halogens is 1. The molecule has 1 heterocycles. The van der Waals surface area contributed by atoms with Gasteiger partial charge in [-0.2, -0.15) is 9.78 Å². The second-order valence-corrected chi connectivity index (χ2v) is 10.9. The highest BCUT2D eigenvalue weighted by Gasteiger charge is 2.23. The van der Waals surface area contributed by atoms with Crippen LogP contribution in [0.2, 0.25) is 0 Å². The Hall–Kier alpha value is -4.38. The zero-order valence-electron chi connectivity index (χ0n) is 22.4. The first-order valence-electron chi connectivity index (χ1n) is 13.3. The summed E-state index contributed by atoms with van der Waals surface area (Å²) < 4.78 is 7.57. The van der Waals surface area contributed by atoms with E-state index in [-0.39, 0.29) is 22.9 Å². The fourth-order valence-electron chi connectivity index (χ4n) is 4.95. The van der Waals surface area contributed by atoms with Crippen molar-refractivity contribution in [2.45, 2.75) is 44.9 Å². The molecule has 1 aliphatic carbocycles. The Kier molecular flexibility index (Phi) is 8.53. The topological polar surface area (TPSA) is 129 Å². The lowest BCUT2D eigenvalue weighted by Crippen LogP contribution is -2.25. The summed E-state index contributed by atoms with van der Waals surface area (Å²) in [6.07, 6.45) is 6.49. The summed E-state index contributed by atoms with van der Waals surface area (Å²) in [6.45, 7) is 1.46. The number of amides is 1. The molecule has 11 heteroatoms. The van der Waals surface area contributed by atoms with Crippen LogP contribution in [0.15, 0.2) is 75.0 Å². The molecule has 1 saturated carbocycles. The summed E-state index contributed by atoms with van der Waals surface area (Å²) in [5, 5.41) is 19.5. The minimum absolute atomic E-state index is 0.0515. The number of benzene rings is 3. The number of anilines is 1. The number of rotatable bonds is 8. The zero-order valence-corrected chi connectivity index (χ0v) is 24.0. The van der Waals surface area contributed by atoms with Crippen molar-refractivity contribution in [3.05, 3.63) is 103 Å². The molecule has 41 heavy (non-hydrogen) atoms. The van der Waals surface area contributed by atoms with E-state index >= 15 is 0 Å². The van der Waals surface area contributed by atoms with E-state index in [0.717, 1.165) is 42.1 Å². The fourth-order valence-corrected chi connectivity index (χ4v) is 5.31. The molecule has 1 N–H and O–H groups in total. The van der Waals surface area contributed by atoms with Gasteiger partial charge in [-0.15, -0.1) is 0 Å². The number of aromatic nitrogens is 2. The van der Waals surface area contributed by atoms with E-state index in [2.05, 4.69) is 26.3 Å². The SMILES string of the molecule is Cc1ccccc1NC(=O)COc1ccc(C=Nn2c(C3CCCCC3)nc3ccc(Br)cc3c2=O)cc1[N+](=O)[O-]. The van der Waals surface area contributed by atoms with E-state index in [9.17, 15) is 19.7 Å². The summed E-state index contributed by atoms with van der Waals surface area (Å²) >= 11 is 3.42. The molecule has 3 aromatic carbocycles. The van der Waals surface area contributed by atoms with E-state index in [0.29, 0.717) is 28.0 Å². The summed E-state index contributed by atoms with van der Waals surface area (Å²) in [4.78, 5) is 42.0. The smallest absolute Gasteiger partial charge is 0.311 e. The molecule has 210 valence electrons. The van der Waals surface area contributed by atoms with Crippen molar-refractivity contribution in [3.63, 3.8) is 0 Å². The van der Waals surface area contributed by atoms with Crippen LogP contribution >= 0.6 is 15.9 Å². The molecule has 0 radical (unpaired) electrons. The van der Waals surface area contributed by atoms with E-state index in [1.54, 1.807) is 24.3 Å². The molecule has 1 amide bonds. The van der Waals surface area contributed by atoms with Gasteiger partial charge in [0.05, 0.1) is 22.0 Å². The molecule has 0 unspecified atom stereocenters. The number of aryl methyl sites for hydroxylation is 1. The van der Waals surface area contributed by atoms with E-state index < -0.39 is 17.4 Å². The Morgan fingerprint density at radius 2 is 1.95 bits per heavy atom. The first kappa shape index (κ1) is 28.2. The molecule has 1 aliphatic rings. The summed E-state index contributed by atoms with van der Waals surface area (Å²) in [5.74, 6) is 0.195. The molecule has 0 bridgehead atoms. The zero-order chi connectivity index (χ0) is 28.9. The predicted molar refractivity (Wildman–Crippen MR) is 161 cm³/mol. The van der Waals surface area contributed by atoms with Crippen molar-refractivity contribution in [3.8, 4) is 5.75 Å². The summed E-state index contributed by atoms with van der Waals surface area (Å²) in [7, 11) is 0. The number of nitro benzene ring substituents is 1. The van der Waals surface area contributed by atoms with Crippen LogP contribution in [-0.2, 0) is 4.79 Å². The molecule has 1 fully saturated rings. The lowest BCUT2D eigenvalue weighted by Gasteiger charge is -2.22. The van der Waals surface area contributed by atoms with Gasteiger partial charge in [0.15, 0.2) is 12.4 Å². The first-order chi connectivity index (χ1) is 19.8. The van der Waals surface area contributed by atoms with Crippen molar-refractivity contribution < 1.29 is 14.5 Å². The standard InChI is InChI=1S/C30H28BrN5O5/c1-19-7-5-6-10-24(19)33-28(37)18-41-27-14-11-20(15-26(27)36(39)40)17-32-35-29(21-8-3-2-4-9-21)34-25-13-12-22(31)16-23(25)30(35)38/h5-7,10-17,21H,2-4,8-9,18H2,1H3,(H,33,37). The Balaban J connectivity index is 1.41. The van der Waals surface area contributed by atoms with Crippen LogP contribution in [0.3, 0.4) is 0 Å². The van der Waals surface area contributed by atoms with Crippen LogP contribution in [0.25, 0.3) is 10.9 Å². The van der Waals surface area contributed by atoms with Gasteiger partial charge >= 0.3 is 5.69 Å². The van der Waals surface area contributed by atoms with Crippen molar-refractivity contribution >= 4 is 50.3 Å². The monoisotopic (exact) mass is 617 g/mol. The Morgan fingerprint density at radius 1 is 1.17 bits per heavy atom. The summed E-state index contributed by atoms with van der Waals surface area (Å²) in [5.41, 5.74) is 1.90. The number of para-hydroxylation sites is 1. The Bertz CT molecular complexity index is 1710. The highest BCUT2D eigenvalue weighted by molar-refractivity contribution is 9.10. The van der Waals surface area contributed by atoms with Crippen LogP contribution in [0.5, 0.6) is 5.75 Å². The quantitative estimate of drug-likeness (QED) is 0.140. The van der Waals surface area contributed by atoms with Crippen molar-refractivity contribution in [2.24, 2.45) is 5.10 Å². The minimum atomic E-state index is -0.583. The maximum atomic E-state index is 13.5. The molecule has 1 aromatic heterocycles. The van der Waals surface area contributed by atoms with Gasteiger partial charge in [0.1, 0.15) is 5.82 Å². The van der Waals surface area contributed by atoms with Gasteiger partial charge in [-0.05, 0) is 61.7 Å². The molecule has 0 aliphatic heterocycles. The number of hydrogen-bond acceptors (Lipinski definition) is 7. The number of carbonyl (C=O) groups excluding carboxylic acids is 1. The van der Waals surface area contributed by atoms with E-state index in [1.165, 1.54) is 23.0 Å². The maximum absolute atomic E-state index is 13.5. The number of hydrogen-bond donors (Lipinski definition) is 1. The van der Waals surface area contributed by atoms with Gasteiger partial charge < -0.3 is 10.1 Å². The van der Waals surface area contributed by atoms with E-state index in [1.807, 2.05) is 31.2 Å². The van der Waals surface area contributed by atoms with Crippen LogP contribution in [-0.4, -0.2) is 33.3 Å². The predicted octanol–water partition coefficient (Wildman–Crippen LogP) is 6.32. The molecular weight excluding hydrogens is 590 g/mol. The maximum Gasteiger partial charge on any atom is 0.311 e. The average Bonchev–Trinajstić information content (AvgIpc) is 2.97. The van der Waals surface area contributed by atoms with Crippen molar-refractivity contribution in [1.29, 1.82) is 0 Å². The number of ether oxygens (including phenoxy) is 1. The van der Waals surface area contributed by atoms with E-state index in [4.69, 9.17) is 9.72 Å². The number of carbonyl (C=O) groups is 1. The summed E-state index contributed by atoms with van der Waals surface area (Å²) in [6, 6.07) is 17.0. The molecule has 5 rings (SSSR count). The minimum Gasteiger partial charge on any atom is -0.477 e. The number of fused-ring (bicyclic) bond motifs is 1. The fraction of sp³-hybridized carbons (Fsp3) is 0.267. The third-order valence-electron chi connectivity index (χ3n) is 7.08.